The first-order valence-corrected chi connectivity index (χ1v) is 10.9. The highest BCUT2D eigenvalue weighted by Crippen LogP contribution is 2.27. The number of nitrogens with one attached hydrogen (secondary N) is 2. The van der Waals surface area contributed by atoms with E-state index in [4.69, 9.17) is 11.6 Å². The largest absolute Gasteiger partial charge is 0.326 e. The minimum atomic E-state index is -3.66. The number of hydrogen-bond acceptors (Lipinski definition) is 4. The number of hydrogen-bond donors (Lipinski definition) is 2. The van der Waals surface area contributed by atoms with E-state index in [1.54, 1.807) is 38.1 Å². The zero-order valence-corrected chi connectivity index (χ0v) is 18.1. The fourth-order valence-corrected chi connectivity index (χ4v) is 4.41. The highest BCUT2D eigenvalue weighted by Gasteiger charge is 2.22. The number of carbonyl (C=O) groups is 2. The maximum absolute atomic E-state index is 12.7. The van der Waals surface area contributed by atoms with E-state index in [1.165, 1.54) is 29.4 Å². The van der Waals surface area contributed by atoms with Crippen molar-refractivity contribution in [3.63, 3.8) is 0 Å². The van der Waals surface area contributed by atoms with Crippen LogP contribution in [0, 0.1) is 0 Å². The molecule has 7 nitrogen and oxygen atoms in total. The van der Waals surface area contributed by atoms with Crippen molar-refractivity contribution in [3.8, 4) is 0 Å². The van der Waals surface area contributed by atoms with E-state index in [-0.39, 0.29) is 33.8 Å². The molecule has 0 heterocycles. The zero-order valence-electron chi connectivity index (χ0n) is 16.5. The van der Waals surface area contributed by atoms with Crippen LogP contribution in [0.15, 0.2) is 47.4 Å². The topological polar surface area (TPSA) is 95.6 Å². The molecule has 0 unspecified atom stereocenters. The van der Waals surface area contributed by atoms with Gasteiger partial charge in [0.15, 0.2) is 0 Å². The van der Waals surface area contributed by atoms with Crippen LogP contribution < -0.4 is 10.6 Å². The lowest BCUT2D eigenvalue weighted by Gasteiger charge is -2.19. The lowest BCUT2D eigenvalue weighted by molar-refractivity contribution is -0.116. The molecule has 2 aromatic rings. The van der Waals surface area contributed by atoms with Gasteiger partial charge >= 0.3 is 0 Å². The Bertz CT molecular complexity index is 987. The van der Waals surface area contributed by atoms with E-state index in [1.807, 2.05) is 0 Å². The molecule has 0 spiro atoms. The lowest BCUT2D eigenvalue weighted by Crippen LogP contribution is -2.30. The number of anilines is 2. The summed E-state index contributed by atoms with van der Waals surface area (Å²) in [6.45, 7) is 5.63. The summed E-state index contributed by atoms with van der Waals surface area (Å²) in [5, 5.41) is 5.57. The van der Waals surface area contributed by atoms with Gasteiger partial charge in [-0.05, 0) is 35.9 Å². The van der Waals surface area contributed by atoms with E-state index in [0.717, 1.165) is 5.56 Å². The lowest BCUT2D eigenvalue weighted by atomic mass is 10.1. The van der Waals surface area contributed by atoms with Crippen molar-refractivity contribution in [1.82, 2.24) is 4.31 Å². The van der Waals surface area contributed by atoms with Crippen LogP contribution in [0.2, 0.25) is 5.02 Å². The van der Waals surface area contributed by atoms with Crippen molar-refractivity contribution in [2.75, 3.05) is 23.7 Å². The molecule has 29 heavy (non-hydrogen) atoms. The first kappa shape index (κ1) is 22.9. The molecule has 0 saturated heterocycles. The van der Waals surface area contributed by atoms with E-state index < -0.39 is 10.0 Å². The Morgan fingerprint density at radius 2 is 1.62 bits per heavy atom. The molecule has 2 rings (SSSR count). The molecule has 2 N–H and O–H groups in total. The molecule has 0 fully saturated rings. The maximum atomic E-state index is 12.7. The summed E-state index contributed by atoms with van der Waals surface area (Å²) in [6.07, 6.45) is 0.0731. The van der Waals surface area contributed by atoms with Gasteiger partial charge in [0, 0.05) is 25.7 Å². The summed E-state index contributed by atoms with van der Waals surface area (Å²) in [6, 6.07) is 11.1. The number of sulfonamides is 1. The highest BCUT2D eigenvalue weighted by molar-refractivity contribution is 7.89. The molecule has 156 valence electrons. The summed E-state index contributed by atoms with van der Waals surface area (Å²) in [7, 11) is -3.66. The van der Waals surface area contributed by atoms with Crippen molar-refractivity contribution >= 4 is 44.8 Å². The Kier molecular flexibility index (Phi) is 7.78. The number of halogens is 1. The van der Waals surface area contributed by atoms with Crippen LogP contribution in [0.1, 0.15) is 26.3 Å². The Hall–Kier alpha value is -2.42. The van der Waals surface area contributed by atoms with Gasteiger partial charge in [0.25, 0.3) is 0 Å². The quantitative estimate of drug-likeness (QED) is 0.660. The average Bonchev–Trinajstić information content (AvgIpc) is 2.65. The Morgan fingerprint density at radius 1 is 1.00 bits per heavy atom. The van der Waals surface area contributed by atoms with Crippen LogP contribution >= 0.6 is 11.6 Å². The molecule has 2 aromatic carbocycles. The number of benzene rings is 2. The second-order valence-corrected chi connectivity index (χ2v) is 8.68. The molecule has 0 radical (unpaired) electrons. The monoisotopic (exact) mass is 437 g/mol. The number of nitrogens with zero attached hydrogens (tertiary/aromatic N) is 1. The maximum Gasteiger partial charge on any atom is 0.243 e. The smallest absolute Gasteiger partial charge is 0.243 e. The SMILES string of the molecule is CCN(CC)S(=O)(=O)c1ccc(Cl)c(NC(=O)Cc2ccc(NC(C)=O)cc2)c1. The van der Waals surface area contributed by atoms with E-state index in [2.05, 4.69) is 10.6 Å². The van der Waals surface area contributed by atoms with Gasteiger partial charge in [-0.1, -0.05) is 37.6 Å². The number of carbonyl (C=O) groups excluding carboxylic acids is 2. The molecule has 0 aliphatic rings. The molecule has 0 aliphatic heterocycles. The van der Waals surface area contributed by atoms with Crippen LogP contribution in [0.5, 0.6) is 0 Å². The van der Waals surface area contributed by atoms with E-state index in [0.29, 0.717) is 18.8 Å². The molecular weight excluding hydrogens is 414 g/mol. The minimum Gasteiger partial charge on any atom is -0.326 e. The fraction of sp³-hybridized carbons (Fsp3) is 0.300. The predicted molar refractivity (Wildman–Crippen MR) is 115 cm³/mol. The first-order chi connectivity index (χ1) is 13.7. The summed E-state index contributed by atoms with van der Waals surface area (Å²) in [5.74, 6) is -0.513. The van der Waals surface area contributed by atoms with Crippen molar-refractivity contribution < 1.29 is 18.0 Å². The second kappa shape index (κ2) is 9.87. The molecule has 9 heteroatoms. The van der Waals surface area contributed by atoms with Crippen LogP contribution in [0.3, 0.4) is 0 Å². The van der Waals surface area contributed by atoms with Gasteiger partial charge in [0.2, 0.25) is 21.8 Å². The van der Waals surface area contributed by atoms with Gasteiger partial charge < -0.3 is 10.6 Å². The molecule has 2 amide bonds. The van der Waals surface area contributed by atoms with E-state index in [9.17, 15) is 18.0 Å². The third-order valence-corrected chi connectivity index (χ3v) is 6.57. The molecule has 0 saturated carbocycles. The van der Waals surface area contributed by atoms with Gasteiger partial charge in [0.05, 0.1) is 22.0 Å². The Balaban J connectivity index is 2.15. The van der Waals surface area contributed by atoms with Gasteiger partial charge in [-0.15, -0.1) is 0 Å². The summed E-state index contributed by atoms with van der Waals surface area (Å²) < 4.78 is 26.7. The molecule has 0 bridgehead atoms. The molecule has 0 aromatic heterocycles. The van der Waals surface area contributed by atoms with Crippen molar-refractivity contribution in [3.05, 3.63) is 53.1 Å². The zero-order chi connectivity index (χ0) is 21.6. The molecule has 0 atom stereocenters. The first-order valence-electron chi connectivity index (χ1n) is 9.13. The standard InChI is InChI=1S/C20H24ClN3O4S/c1-4-24(5-2)29(27,28)17-10-11-18(21)19(13-17)23-20(26)12-15-6-8-16(9-7-15)22-14(3)25/h6-11,13H,4-5,12H2,1-3H3,(H,22,25)(H,23,26). The second-order valence-electron chi connectivity index (χ2n) is 6.33. The van der Waals surface area contributed by atoms with Crippen LogP contribution in [0.4, 0.5) is 11.4 Å². The summed E-state index contributed by atoms with van der Waals surface area (Å²) >= 11 is 6.15. The summed E-state index contributed by atoms with van der Waals surface area (Å²) in [5.41, 5.74) is 1.61. The van der Waals surface area contributed by atoms with Crippen molar-refractivity contribution in [2.24, 2.45) is 0 Å². The third-order valence-electron chi connectivity index (χ3n) is 4.19. The van der Waals surface area contributed by atoms with Crippen molar-refractivity contribution in [2.45, 2.75) is 32.1 Å². The number of rotatable bonds is 8. The third kappa shape index (κ3) is 6.03. The normalized spacial score (nSPS) is 11.3. The van der Waals surface area contributed by atoms with Crippen LogP contribution in [-0.2, 0) is 26.0 Å². The van der Waals surface area contributed by atoms with Gasteiger partial charge in [-0.3, -0.25) is 9.59 Å². The van der Waals surface area contributed by atoms with Gasteiger partial charge in [-0.2, -0.15) is 4.31 Å². The highest BCUT2D eigenvalue weighted by atomic mass is 35.5. The fourth-order valence-electron chi connectivity index (χ4n) is 2.76. The summed E-state index contributed by atoms with van der Waals surface area (Å²) in [4.78, 5) is 23.5. The minimum absolute atomic E-state index is 0.0700. The van der Waals surface area contributed by atoms with Gasteiger partial charge in [0.1, 0.15) is 0 Å². The predicted octanol–water partition coefficient (Wildman–Crippen LogP) is 3.51. The van der Waals surface area contributed by atoms with Crippen LogP contribution in [-0.4, -0.2) is 37.6 Å². The van der Waals surface area contributed by atoms with E-state index >= 15 is 0 Å². The molecule has 0 aliphatic carbocycles. The van der Waals surface area contributed by atoms with Crippen LogP contribution in [0.25, 0.3) is 0 Å². The Morgan fingerprint density at radius 3 is 2.17 bits per heavy atom. The van der Waals surface area contributed by atoms with Gasteiger partial charge in [-0.25, -0.2) is 8.42 Å². The Labute approximate surface area is 176 Å². The number of amides is 2. The molecular formula is C20H24ClN3O4S. The average molecular weight is 438 g/mol. The van der Waals surface area contributed by atoms with Crippen molar-refractivity contribution in [1.29, 1.82) is 0 Å².